The average molecular weight is 375 g/mol. The van der Waals surface area contributed by atoms with Crippen molar-refractivity contribution in [1.29, 1.82) is 0 Å². The molecule has 0 heterocycles. The lowest BCUT2D eigenvalue weighted by atomic mass is 10.1. The van der Waals surface area contributed by atoms with E-state index in [1.54, 1.807) is 0 Å². The Morgan fingerprint density at radius 2 is 1.46 bits per heavy atom. The zero-order chi connectivity index (χ0) is 20.3. The van der Waals surface area contributed by atoms with Gasteiger partial charge in [-0.2, -0.15) is 0 Å². The second-order valence-corrected chi connectivity index (χ2v) is 5.62. The van der Waals surface area contributed by atoms with Gasteiger partial charge in [0.05, 0.1) is 18.9 Å². The molecule has 3 amide bonds. The van der Waals surface area contributed by atoms with Gasteiger partial charge >= 0.3 is 11.9 Å². The largest absolute Gasteiger partial charge is 0.481 e. The standard InChI is InChI=1S/C14H25N5O7/c15-4-2-1-3-8(18-12(23)7(16)5-10(17)20)13(24)19-9(14(25)26)6-11(21)22/h7-9H,1-6,15-16H2,(H2,17,20)(H,18,23)(H,19,24)(H,21,22)(H,25,26)/t7-,8-,9-/m0/s1. The summed E-state index contributed by atoms with van der Waals surface area (Å²) in [6.45, 7) is 0.347. The first-order valence-corrected chi connectivity index (χ1v) is 7.87. The van der Waals surface area contributed by atoms with E-state index in [2.05, 4.69) is 10.6 Å². The summed E-state index contributed by atoms with van der Waals surface area (Å²) in [7, 11) is 0. The van der Waals surface area contributed by atoms with Gasteiger partial charge in [0.1, 0.15) is 12.1 Å². The van der Waals surface area contributed by atoms with E-state index in [0.717, 1.165) is 0 Å². The molecule has 0 spiro atoms. The van der Waals surface area contributed by atoms with Gasteiger partial charge in [0.25, 0.3) is 0 Å². The molecule has 0 rings (SSSR count). The van der Waals surface area contributed by atoms with Crippen LogP contribution in [0.4, 0.5) is 0 Å². The van der Waals surface area contributed by atoms with Crippen LogP contribution in [0.5, 0.6) is 0 Å². The molecule has 0 aliphatic rings. The van der Waals surface area contributed by atoms with Gasteiger partial charge in [-0.3, -0.25) is 19.2 Å². The summed E-state index contributed by atoms with van der Waals surface area (Å²) in [5, 5.41) is 22.1. The van der Waals surface area contributed by atoms with Crippen LogP contribution in [-0.4, -0.2) is 64.5 Å². The third kappa shape index (κ3) is 9.54. The number of amides is 3. The molecule has 0 aliphatic heterocycles. The monoisotopic (exact) mass is 375 g/mol. The van der Waals surface area contributed by atoms with Gasteiger partial charge in [-0.15, -0.1) is 0 Å². The number of unbranched alkanes of at least 4 members (excludes halogenated alkanes) is 1. The highest BCUT2D eigenvalue weighted by atomic mass is 16.4. The van der Waals surface area contributed by atoms with Gasteiger partial charge < -0.3 is 38.0 Å². The van der Waals surface area contributed by atoms with E-state index in [0.29, 0.717) is 19.4 Å². The number of nitrogens with two attached hydrogens (primary N) is 3. The van der Waals surface area contributed by atoms with E-state index < -0.39 is 60.6 Å². The lowest BCUT2D eigenvalue weighted by molar-refractivity contribution is -0.147. The van der Waals surface area contributed by atoms with Gasteiger partial charge in [0, 0.05) is 0 Å². The summed E-state index contributed by atoms with van der Waals surface area (Å²) >= 11 is 0. The first-order chi connectivity index (χ1) is 12.1. The Morgan fingerprint density at radius 3 is 1.92 bits per heavy atom. The van der Waals surface area contributed by atoms with E-state index in [4.69, 9.17) is 27.4 Å². The van der Waals surface area contributed by atoms with Gasteiger partial charge in [-0.1, -0.05) is 0 Å². The first kappa shape index (κ1) is 23.3. The minimum Gasteiger partial charge on any atom is -0.481 e. The Labute approximate surface area is 149 Å². The Morgan fingerprint density at radius 1 is 0.885 bits per heavy atom. The van der Waals surface area contributed by atoms with Crippen LogP contribution in [0.3, 0.4) is 0 Å². The first-order valence-electron chi connectivity index (χ1n) is 7.87. The lowest BCUT2D eigenvalue weighted by Gasteiger charge is -2.22. The summed E-state index contributed by atoms with van der Waals surface area (Å²) in [5.41, 5.74) is 15.8. The summed E-state index contributed by atoms with van der Waals surface area (Å²) in [6.07, 6.45) is -0.149. The van der Waals surface area contributed by atoms with Crippen LogP contribution in [0.15, 0.2) is 0 Å². The smallest absolute Gasteiger partial charge is 0.326 e. The predicted molar refractivity (Wildman–Crippen MR) is 88.4 cm³/mol. The summed E-state index contributed by atoms with van der Waals surface area (Å²) < 4.78 is 0. The third-order valence-corrected chi connectivity index (χ3v) is 3.33. The molecule has 0 aromatic heterocycles. The Bertz CT molecular complexity index is 540. The van der Waals surface area contributed by atoms with Crippen LogP contribution in [0, 0.1) is 0 Å². The molecule has 0 aromatic carbocycles. The van der Waals surface area contributed by atoms with E-state index in [9.17, 15) is 24.0 Å². The molecular weight excluding hydrogens is 350 g/mol. The van der Waals surface area contributed by atoms with Crippen molar-refractivity contribution in [3.05, 3.63) is 0 Å². The van der Waals surface area contributed by atoms with E-state index in [-0.39, 0.29) is 6.42 Å². The van der Waals surface area contributed by atoms with E-state index >= 15 is 0 Å². The number of nitrogens with one attached hydrogen (secondary N) is 2. The fourth-order valence-electron chi connectivity index (χ4n) is 2.00. The molecular formula is C14H25N5O7. The number of hydrogen-bond acceptors (Lipinski definition) is 7. The molecule has 0 aromatic rings. The van der Waals surface area contributed by atoms with Crippen molar-refractivity contribution >= 4 is 29.7 Å². The van der Waals surface area contributed by atoms with Crippen LogP contribution in [0.1, 0.15) is 32.1 Å². The number of carbonyl (C=O) groups is 5. The van der Waals surface area contributed by atoms with Crippen LogP contribution in [-0.2, 0) is 24.0 Å². The highest BCUT2D eigenvalue weighted by molar-refractivity contribution is 5.94. The quantitative estimate of drug-likeness (QED) is 0.161. The Kier molecular flexibility index (Phi) is 10.5. The maximum atomic E-state index is 12.3. The maximum Gasteiger partial charge on any atom is 0.326 e. The van der Waals surface area contributed by atoms with Crippen molar-refractivity contribution in [2.24, 2.45) is 17.2 Å². The van der Waals surface area contributed by atoms with Gasteiger partial charge in [0.15, 0.2) is 0 Å². The number of rotatable bonds is 13. The molecule has 0 unspecified atom stereocenters. The van der Waals surface area contributed by atoms with E-state index in [1.807, 2.05) is 0 Å². The average Bonchev–Trinajstić information content (AvgIpc) is 2.51. The maximum absolute atomic E-state index is 12.3. The van der Waals surface area contributed by atoms with Crippen molar-refractivity contribution in [3.63, 3.8) is 0 Å². The SMILES string of the molecule is NCCCC[C@H](NC(=O)[C@@H](N)CC(N)=O)C(=O)N[C@@H](CC(=O)O)C(=O)O. The molecule has 12 nitrogen and oxygen atoms in total. The minimum absolute atomic E-state index is 0.122. The summed E-state index contributed by atoms with van der Waals surface area (Å²) in [6, 6.07) is -4.09. The third-order valence-electron chi connectivity index (χ3n) is 3.33. The molecule has 0 saturated heterocycles. The molecule has 0 radical (unpaired) electrons. The van der Waals surface area contributed by atoms with Gasteiger partial charge in [-0.05, 0) is 25.8 Å². The molecule has 3 atom stereocenters. The number of aliphatic carboxylic acids is 2. The Balaban J connectivity index is 5.05. The van der Waals surface area contributed by atoms with Crippen molar-refractivity contribution in [2.45, 2.75) is 50.2 Å². The molecule has 0 aliphatic carbocycles. The number of carbonyl (C=O) groups excluding carboxylic acids is 3. The van der Waals surface area contributed by atoms with Gasteiger partial charge in [0.2, 0.25) is 17.7 Å². The zero-order valence-electron chi connectivity index (χ0n) is 14.1. The highest BCUT2D eigenvalue weighted by Crippen LogP contribution is 2.04. The Hall–Kier alpha value is -2.73. The molecule has 0 saturated carbocycles. The molecule has 148 valence electrons. The predicted octanol–water partition coefficient (Wildman–Crippen LogP) is -3.15. The summed E-state index contributed by atoms with van der Waals surface area (Å²) in [5.74, 6) is -5.44. The number of hydrogen-bond donors (Lipinski definition) is 7. The fraction of sp³-hybridized carbons (Fsp3) is 0.643. The fourth-order valence-corrected chi connectivity index (χ4v) is 2.00. The van der Waals surface area contributed by atoms with Crippen LogP contribution in [0.2, 0.25) is 0 Å². The van der Waals surface area contributed by atoms with Gasteiger partial charge in [-0.25, -0.2) is 4.79 Å². The van der Waals surface area contributed by atoms with E-state index in [1.165, 1.54) is 0 Å². The lowest BCUT2D eigenvalue weighted by Crippen LogP contribution is -2.55. The second kappa shape index (κ2) is 11.8. The molecule has 0 bridgehead atoms. The number of carboxylic acids is 2. The summed E-state index contributed by atoms with van der Waals surface area (Å²) in [4.78, 5) is 56.8. The molecule has 0 fully saturated rings. The van der Waals surface area contributed by atoms with Crippen molar-refractivity contribution in [2.75, 3.05) is 6.54 Å². The number of primary amides is 1. The second-order valence-electron chi connectivity index (χ2n) is 5.62. The zero-order valence-corrected chi connectivity index (χ0v) is 14.1. The van der Waals surface area contributed by atoms with Crippen LogP contribution < -0.4 is 27.8 Å². The highest BCUT2D eigenvalue weighted by Gasteiger charge is 2.29. The molecule has 26 heavy (non-hydrogen) atoms. The normalized spacial score (nSPS) is 13.9. The topological polar surface area (TPSA) is 228 Å². The van der Waals surface area contributed by atoms with Crippen LogP contribution in [0.25, 0.3) is 0 Å². The molecule has 12 heteroatoms. The number of carboxylic acid groups (broad SMARTS) is 2. The minimum atomic E-state index is -1.66. The van der Waals surface area contributed by atoms with Crippen molar-refractivity contribution < 1.29 is 34.2 Å². The van der Waals surface area contributed by atoms with Crippen molar-refractivity contribution in [1.82, 2.24) is 10.6 Å². The van der Waals surface area contributed by atoms with Crippen LogP contribution >= 0.6 is 0 Å². The molecule has 10 N–H and O–H groups in total. The van der Waals surface area contributed by atoms with Crippen molar-refractivity contribution in [3.8, 4) is 0 Å².